The molecule has 25 heavy (non-hydrogen) atoms. The Morgan fingerprint density at radius 2 is 2.12 bits per heavy atom. The number of ketones is 1. The SMILES string of the molecule is Cn1c(N)c(C(=O)COC(=O)CSCc2ccc(Cl)s2)c(=O)[nH]c1=O. The van der Waals surface area contributed by atoms with Gasteiger partial charge in [0.1, 0.15) is 11.4 Å². The van der Waals surface area contributed by atoms with Crippen molar-refractivity contribution < 1.29 is 14.3 Å². The second-order valence-corrected chi connectivity index (χ2v) is 7.65. The van der Waals surface area contributed by atoms with E-state index in [0.29, 0.717) is 10.1 Å². The largest absolute Gasteiger partial charge is 0.457 e. The van der Waals surface area contributed by atoms with E-state index >= 15 is 0 Å². The maximum atomic E-state index is 12.0. The smallest absolute Gasteiger partial charge is 0.329 e. The summed E-state index contributed by atoms with van der Waals surface area (Å²) in [5, 5.41) is 0. The van der Waals surface area contributed by atoms with Crippen molar-refractivity contribution in [2.75, 3.05) is 18.1 Å². The Morgan fingerprint density at radius 3 is 2.76 bits per heavy atom. The molecule has 2 rings (SSSR count). The van der Waals surface area contributed by atoms with Crippen LogP contribution in [0.4, 0.5) is 5.82 Å². The van der Waals surface area contributed by atoms with Crippen molar-refractivity contribution in [1.82, 2.24) is 9.55 Å². The number of nitrogens with two attached hydrogens (primary N) is 1. The molecule has 0 saturated heterocycles. The van der Waals surface area contributed by atoms with Crippen molar-refractivity contribution in [3.8, 4) is 0 Å². The van der Waals surface area contributed by atoms with Crippen LogP contribution in [0.2, 0.25) is 4.34 Å². The van der Waals surface area contributed by atoms with E-state index in [1.807, 2.05) is 11.1 Å². The average molecular weight is 404 g/mol. The first-order valence-electron chi connectivity index (χ1n) is 6.89. The van der Waals surface area contributed by atoms with Crippen molar-refractivity contribution in [1.29, 1.82) is 0 Å². The lowest BCUT2D eigenvalue weighted by Gasteiger charge is -2.08. The summed E-state index contributed by atoms with van der Waals surface area (Å²) in [5.74, 6) is -1.02. The van der Waals surface area contributed by atoms with Crippen LogP contribution in [-0.4, -0.2) is 33.7 Å². The molecule has 2 aromatic heterocycles. The van der Waals surface area contributed by atoms with Crippen molar-refractivity contribution in [2.45, 2.75) is 5.75 Å². The number of nitrogens with zero attached hydrogens (tertiary/aromatic N) is 1. The van der Waals surface area contributed by atoms with E-state index in [4.69, 9.17) is 22.1 Å². The number of halogens is 1. The summed E-state index contributed by atoms with van der Waals surface area (Å²) in [6.07, 6.45) is 0. The monoisotopic (exact) mass is 403 g/mol. The maximum absolute atomic E-state index is 12.0. The third-order valence-corrected chi connectivity index (χ3v) is 5.47. The number of H-pyrrole nitrogens is 1. The lowest BCUT2D eigenvalue weighted by atomic mass is 10.2. The fraction of sp³-hybridized carbons (Fsp3) is 0.286. The third kappa shape index (κ3) is 4.97. The van der Waals surface area contributed by atoms with Crippen LogP contribution in [0.3, 0.4) is 0 Å². The highest BCUT2D eigenvalue weighted by Crippen LogP contribution is 2.25. The molecule has 2 aromatic rings. The van der Waals surface area contributed by atoms with E-state index in [1.165, 1.54) is 30.1 Å². The van der Waals surface area contributed by atoms with Crippen LogP contribution in [0.1, 0.15) is 15.2 Å². The van der Waals surface area contributed by atoms with Crippen LogP contribution in [0.15, 0.2) is 21.7 Å². The van der Waals surface area contributed by atoms with Crippen molar-refractivity contribution in [3.63, 3.8) is 0 Å². The molecule has 0 unspecified atom stereocenters. The van der Waals surface area contributed by atoms with Crippen LogP contribution in [-0.2, 0) is 22.3 Å². The first-order chi connectivity index (χ1) is 11.8. The topological polar surface area (TPSA) is 124 Å². The molecule has 2 heterocycles. The first kappa shape index (κ1) is 19.3. The summed E-state index contributed by atoms with van der Waals surface area (Å²) in [4.78, 5) is 49.8. The van der Waals surface area contributed by atoms with Crippen LogP contribution in [0.25, 0.3) is 0 Å². The van der Waals surface area contributed by atoms with Crippen LogP contribution >= 0.6 is 34.7 Å². The van der Waals surface area contributed by atoms with Gasteiger partial charge in [0.2, 0.25) is 5.78 Å². The van der Waals surface area contributed by atoms with Gasteiger partial charge in [-0.2, -0.15) is 0 Å². The number of ether oxygens (including phenoxy) is 1. The second kappa shape index (κ2) is 8.37. The van der Waals surface area contributed by atoms with Gasteiger partial charge < -0.3 is 10.5 Å². The zero-order valence-electron chi connectivity index (χ0n) is 13.0. The molecule has 0 aliphatic rings. The number of thiophene rings is 1. The highest BCUT2D eigenvalue weighted by molar-refractivity contribution is 7.99. The molecular weight excluding hydrogens is 390 g/mol. The van der Waals surface area contributed by atoms with Crippen molar-refractivity contribution in [2.24, 2.45) is 7.05 Å². The van der Waals surface area contributed by atoms with E-state index in [-0.39, 0.29) is 11.6 Å². The summed E-state index contributed by atoms with van der Waals surface area (Å²) in [7, 11) is 1.31. The molecular formula is C14H14ClN3O5S2. The number of aromatic nitrogens is 2. The molecule has 3 N–H and O–H groups in total. The van der Waals surface area contributed by atoms with E-state index < -0.39 is 35.2 Å². The van der Waals surface area contributed by atoms with Gasteiger partial charge in [0, 0.05) is 17.7 Å². The van der Waals surface area contributed by atoms with Crippen LogP contribution in [0, 0.1) is 0 Å². The predicted octanol–water partition coefficient (Wildman–Crippen LogP) is 1.03. The van der Waals surface area contributed by atoms with Crippen LogP contribution < -0.4 is 17.0 Å². The number of aromatic amines is 1. The van der Waals surface area contributed by atoms with Crippen LogP contribution in [0.5, 0.6) is 0 Å². The quantitative estimate of drug-likeness (QED) is 0.522. The average Bonchev–Trinajstić information content (AvgIpc) is 2.96. The molecule has 0 fully saturated rings. The minimum Gasteiger partial charge on any atom is -0.457 e. The summed E-state index contributed by atoms with van der Waals surface area (Å²) in [5.41, 5.74) is 3.55. The predicted molar refractivity (Wildman–Crippen MR) is 97.5 cm³/mol. The normalized spacial score (nSPS) is 10.6. The molecule has 0 amide bonds. The van der Waals surface area contributed by atoms with Gasteiger partial charge in [-0.1, -0.05) is 11.6 Å². The van der Waals surface area contributed by atoms with Gasteiger partial charge in [-0.05, 0) is 12.1 Å². The van der Waals surface area contributed by atoms with E-state index in [1.54, 1.807) is 6.07 Å². The highest BCUT2D eigenvalue weighted by Gasteiger charge is 2.19. The summed E-state index contributed by atoms with van der Waals surface area (Å²) in [6.45, 7) is -0.629. The number of Topliss-reactive ketones (excluding diaryl/α,β-unsaturated/α-hetero) is 1. The second-order valence-electron chi connectivity index (χ2n) is 4.86. The molecule has 11 heteroatoms. The van der Waals surface area contributed by atoms with Gasteiger partial charge in [-0.15, -0.1) is 23.1 Å². The lowest BCUT2D eigenvalue weighted by Crippen LogP contribution is -2.35. The number of thioether (sulfide) groups is 1. The number of rotatable bonds is 7. The fourth-order valence-electron chi connectivity index (χ4n) is 1.83. The third-order valence-electron chi connectivity index (χ3n) is 3.11. The van der Waals surface area contributed by atoms with Gasteiger partial charge >= 0.3 is 11.7 Å². The summed E-state index contributed by atoms with van der Waals surface area (Å²) in [6, 6.07) is 3.64. The van der Waals surface area contributed by atoms with Gasteiger partial charge in [0.25, 0.3) is 5.56 Å². The van der Waals surface area contributed by atoms with E-state index in [0.717, 1.165) is 9.44 Å². The minimum atomic E-state index is -0.911. The first-order valence-corrected chi connectivity index (χ1v) is 9.24. The van der Waals surface area contributed by atoms with E-state index in [9.17, 15) is 19.2 Å². The molecule has 0 radical (unpaired) electrons. The van der Waals surface area contributed by atoms with Gasteiger partial charge in [0.05, 0.1) is 10.1 Å². The Hall–Kier alpha value is -2.04. The number of carbonyl (C=O) groups excluding carboxylic acids is 2. The molecule has 0 bridgehead atoms. The van der Waals surface area contributed by atoms with Gasteiger partial charge in [-0.3, -0.25) is 23.9 Å². The number of esters is 1. The highest BCUT2D eigenvalue weighted by atomic mass is 35.5. The Bertz CT molecular complexity index is 918. The molecule has 0 aromatic carbocycles. The van der Waals surface area contributed by atoms with E-state index in [2.05, 4.69) is 0 Å². The number of hydrogen-bond acceptors (Lipinski definition) is 8. The zero-order chi connectivity index (χ0) is 18.6. The van der Waals surface area contributed by atoms with Gasteiger partial charge in [0.15, 0.2) is 6.61 Å². The summed E-state index contributed by atoms with van der Waals surface area (Å²) >= 11 is 8.54. The molecule has 0 aliphatic heterocycles. The number of nitrogens with one attached hydrogen (secondary N) is 1. The zero-order valence-corrected chi connectivity index (χ0v) is 15.4. The number of anilines is 1. The summed E-state index contributed by atoms with van der Waals surface area (Å²) < 4.78 is 6.45. The standard InChI is InChI=1S/C14H14ClN3O5S2/c1-18-12(16)11(13(21)17-14(18)22)8(19)4-23-10(20)6-24-5-7-2-3-9(15)25-7/h2-3H,4-6,16H2,1H3,(H,17,21,22). The molecule has 134 valence electrons. The molecule has 0 aliphatic carbocycles. The Balaban J connectivity index is 1.87. The Kier molecular flexibility index (Phi) is 6.45. The molecule has 0 spiro atoms. The molecule has 0 saturated carbocycles. The molecule has 0 atom stereocenters. The van der Waals surface area contributed by atoms with Crippen molar-refractivity contribution in [3.05, 3.63) is 47.7 Å². The molecule has 8 nitrogen and oxygen atoms in total. The van der Waals surface area contributed by atoms with Crippen molar-refractivity contribution >= 4 is 52.3 Å². The number of carbonyl (C=O) groups is 2. The maximum Gasteiger partial charge on any atom is 0.329 e. The Morgan fingerprint density at radius 1 is 1.40 bits per heavy atom. The Labute approximate surface area is 154 Å². The number of nitrogen functional groups attached to an aromatic ring is 1. The lowest BCUT2D eigenvalue weighted by molar-refractivity contribution is -0.139. The van der Waals surface area contributed by atoms with Gasteiger partial charge in [-0.25, -0.2) is 4.79 Å². The minimum absolute atomic E-state index is 0.0436. The fourth-order valence-corrected chi connectivity index (χ4v) is 3.85. The number of hydrogen-bond donors (Lipinski definition) is 2.